The fourth-order valence-corrected chi connectivity index (χ4v) is 2.51. The van der Waals surface area contributed by atoms with Gasteiger partial charge < -0.3 is 19.3 Å². The fraction of sp³-hybridized carbons (Fsp3) is 0.857. The van der Waals surface area contributed by atoms with Crippen LogP contribution in [0.3, 0.4) is 0 Å². The smallest absolute Gasteiger partial charge is 0.409 e. The number of piperazine rings is 1. The zero-order valence-corrected chi connectivity index (χ0v) is 12.4. The molecule has 1 aliphatic carbocycles. The highest BCUT2D eigenvalue weighted by atomic mass is 16.6. The molecule has 2 rings (SSSR count). The summed E-state index contributed by atoms with van der Waals surface area (Å²) < 4.78 is 10.4. The number of hydrogen-bond donors (Lipinski definition) is 0. The third kappa shape index (κ3) is 3.23. The minimum absolute atomic E-state index is 0.189. The monoisotopic (exact) mass is 284 g/mol. The Balaban J connectivity index is 1.81. The Morgan fingerprint density at radius 2 is 1.60 bits per heavy atom. The summed E-state index contributed by atoms with van der Waals surface area (Å²) in [4.78, 5) is 27.6. The van der Waals surface area contributed by atoms with Crippen LogP contribution in [0.15, 0.2) is 0 Å². The topological polar surface area (TPSA) is 59.1 Å². The van der Waals surface area contributed by atoms with Gasteiger partial charge in [-0.1, -0.05) is 0 Å². The second kappa shape index (κ2) is 6.43. The first-order chi connectivity index (χ1) is 9.63. The predicted molar refractivity (Wildman–Crippen MR) is 73.3 cm³/mol. The Morgan fingerprint density at radius 3 is 2.10 bits per heavy atom. The summed E-state index contributed by atoms with van der Waals surface area (Å²) >= 11 is 0. The number of amides is 2. The van der Waals surface area contributed by atoms with Gasteiger partial charge in [-0.15, -0.1) is 0 Å². The highest BCUT2D eigenvalue weighted by Gasteiger charge is 2.52. The van der Waals surface area contributed by atoms with Crippen molar-refractivity contribution < 1.29 is 19.1 Å². The molecule has 0 aromatic rings. The van der Waals surface area contributed by atoms with Gasteiger partial charge in [0.1, 0.15) is 0 Å². The van der Waals surface area contributed by atoms with Crippen LogP contribution in [0.25, 0.3) is 0 Å². The van der Waals surface area contributed by atoms with Gasteiger partial charge in [0.15, 0.2) is 0 Å². The molecule has 0 aromatic carbocycles. The highest BCUT2D eigenvalue weighted by Crippen LogP contribution is 2.47. The molecule has 1 saturated carbocycles. The van der Waals surface area contributed by atoms with E-state index in [4.69, 9.17) is 9.47 Å². The number of carbonyl (C=O) groups excluding carboxylic acids is 2. The first kappa shape index (κ1) is 15.1. The molecular formula is C14H24N2O4. The summed E-state index contributed by atoms with van der Waals surface area (Å²) in [5, 5.41) is 0. The summed E-state index contributed by atoms with van der Waals surface area (Å²) in [6, 6.07) is 0. The normalized spacial score (nSPS) is 20.7. The van der Waals surface area contributed by atoms with E-state index >= 15 is 0 Å². The van der Waals surface area contributed by atoms with Gasteiger partial charge >= 0.3 is 6.09 Å². The largest absolute Gasteiger partial charge is 0.450 e. The van der Waals surface area contributed by atoms with E-state index in [1.165, 1.54) is 0 Å². The van der Waals surface area contributed by atoms with Crippen molar-refractivity contribution in [1.82, 2.24) is 9.80 Å². The van der Waals surface area contributed by atoms with Gasteiger partial charge in [-0.3, -0.25) is 4.79 Å². The summed E-state index contributed by atoms with van der Waals surface area (Å²) in [6.07, 6.45) is 1.56. The standard InChI is InChI=1S/C14H24N2O4/c1-3-19-11-14(5-6-14)12(17)15-7-9-16(10-8-15)13(18)20-4-2/h3-11H2,1-2H3. The highest BCUT2D eigenvalue weighted by molar-refractivity contribution is 5.85. The molecule has 114 valence electrons. The predicted octanol–water partition coefficient (Wildman–Crippen LogP) is 1.10. The lowest BCUT2D eigenvalue weighted by atomic mass is 10.1. The molecule has 1 heterocycles. The van der Waals surface area contributed by atoms with Gasteiger partial charge in [0.2, 0.25) is 5.91 Å². The van der Waals surface area contributed by atoms with E-state index in [1.807, 2.05) is 11.8 Å². The minimum Gasteiger partial charge on any atom is -0.450 e. The first-order valence-electron chi connectivity index (χ1n) is 7.42. The molecule has 2 aliphatic rings. The van der Waals surface area contributed by atoms with Gasteiger partial charge in [-0.2, -0.15) is 0 Å². The molecule has 1 saturated heterocycles. The van der Waals surface area contributed by atoms with Crippen LogP contribution in [0.4, 0.5) is 4.79 Å². The Labute approximate surface area is 120 Å². The Morgan fingerprint density at radius 1 is 1.00 bits per heavy atom. The summed E-state index contributed by atoms with van der Waals surface area (Å²) in [7, 11) is 0. The molecule has 6 heteroatoms. The molecular weight excluding hydrogens is 260 g/mol. The van der Waals surface area contributed by atoms with Crippen LogP contribution in [0.2, 0.25) is 0 Å². The molecule has 2 amide bonds. The van der Waals surface area contributed by atoms with Gasteiger partial charge in [0, 0.05) is 32.8 Å². The van der Waals surface area contributed by atoms with Crippen LogP contribution in [0.5, 0.6) is 0 Å². The SMILES string of the molecule is CCOCC1(C(=O)N2CCN(C(=O)OCC)CC2)CC1. The van der Waals surface area contributed by atoms with Gasteiger partial charge in [-0.05, 0) is 26.7 Å². The number of rotatable bonds is 5. The number of carbonyl (C=O) groups is 2. The van der Waals surface area contributed by atoms with Crippen molar-refractivity contribution in [3.05, 3.63) is 0 Å². The zero-order chi connectivity index (χ0) is 14.6. The summed E-state index contributed by atoms with van der Waals surface area (Å²) in [6.45, 7) is 7.57. The minimum atomic E-state index is -0.282. The van der Waals surface area contributed by atoms with E-state index in [-0.39, 0.29) is 17.4 Å². The van der Waals surface area contributed by atoms with Crippen LogP contribution in [0, 0.1) is 5.41 Å². The van der Waals surface area contributed by atoms with Crippen molar-refractivity contribution in [3.63, 3.8) is 0 Å². The van der Waals surface area contributed by atoms with Gasteiger partial charge in [0.05, 0.1) is 18.6 Å². The van der Waals surface area contributed by atoms with E-state index < -0.39 is 0 Å². The Kier molecular flexibility index (Phi) is 4.86. The third-order valence-corrected chi connectivity index (χ3v) is 3.98. The van der Waals surface area contributed by atoms with E-state index in [0.29, 0.717) is 46.0 Å². The second-order valence-electron chi connectivity index (χ2n) is 5.40. The van der Waals surface area contributed by atoms with Crippen molar-refractivity contribution in [1.29, 1.82) is 0 Å². The zero-order valence-electron chi connectivity index (χ0n) is 12.4. The van der Waals surface area contributed by atoms with Crippen LogP contribution in [-0.2, 0) is 14.3 Å². The second-order valence-corrected chi connectivity index (χ2v) is 5.40. The summed E-state index contributed by atoms with van der Waals surface area (Å²) in [5.41, 5.74) is -0.276. The lowest BCUT2D eigenvalue weighted by Gasteiger charge is -2.36. The molecule has 6 nitrogen and oxygen atoms in total. The maximum absolute atomic E-state index is 12.5. The molecule has 0 bridgehead atoms. The van der Waals surface area contributed by atoms with E-state index in [0.717, 1.165) is 12.8 Å². The van der Waals surface area contributed by atoms with Crippen LogP contribution >= 0.6 is 0 Å². The lowest BCUT2D eigenvalue weighted by molar-refractivity contribution is -0.141. The van der Waals surface area contributed by atoms with E-state index in [2.05, 4.69) is 0 Å². The lowest BCUT2D eigenvalue weighted by Crippen LogP contribution is -2.53. The van der Waals surface area contributed by atoms with Crippen LogP contribution in [0.1, 0.15) is 26.7 Å². The molecule has 0 radical (unpaired) electrons. The maximum atomic E-state index is 12.5. The molecule has 0 atom stereocenters. The molecule has 2 fully saturated rings. The van der Waals surface area contributed by atoms with E-state index in [1.54, 1.807) is 11.8 Å². The first-order valence-corrected chi connectivity index (χ1v) is 7.42. The average Bonchev–Trinajstić information content (AvgIpc) is 3.26. The van der Waals surface area contributed by atoms with Gasteiger partial charge in [-0.25, -0.2) is 4.79 Å². The number of nitrogens with zero attached hydrogens (tertiary/aromatic N) is 2. The summed E-state index contributed by atoms with van der Waals surface area (Å²) in [5.74, 6) is 0.189. The molecule has 0 spiro atoms. The van der Waals surface area contributed by atoms with Crippen molar-refractivity contribution in [2.45, 2.75) is 26.7 Å². The fourth-order valence-electron chi connectivity index (χ4n) is 2.51. The average molecular weight is 284 g/mol. The number of ether oxygens (including phenoxy) is 2. The van der Waals surface area contributed by atoms with Crippen LogP contribution in [-0.4, -0.2) is 67.8 Å². The third-order valence-electron chi connectivity index (χ3n) is 3.98. The molecule has 0 aromatic heterocycles. The molecule has 0 unspecified atom stereocenters. The van der Waals surface area contributed by atoms with Crippen molar-refractivity contribution in [2.75, 3.05) is 46.0 Å². The maximum Gasteiger partial charge on any atom is 0.409 e. The van der Waals surface area contributed by atoms with Crippen molar-refractivity contribution >= 4 is 12.0 Å². The number of hydrogen-bond acceptors (Lipinski definition) is 4. The van der Waals surface area contributed by atoms with Gasteiger partial charge in [0.25, 0.3) is 0 Å². The Bertz CT molecular complexity index is 360. The molecule has 20 heavy (non-hydrogen) atoms. The quantitative estimate of drug-likeness (QED) is 0.758. The van der Waals surface area contributed by atoms with E-state index in [9.17, 15) is 9.59 Å². The molecule has 0 N–H and O–H groups in total. The van der Waals surface area contributed by atoms with Crippen molar-refractivity contribution in [2.24, 2.45) is 5.41 Å². The van der Waals surface area contributed by atoms with Crippen LogP contribution < -0.4 is 0 Å². The molecule has 1 aliphatic heterocycles. The Hall–Kier alpha value is -1.30. The van der Waals surface area contributed by atoms with Crippen molar-refractivity contribution in [3.8, 4) is 0 Å².